The molecule has 0 aliphatic rings. The minimum atomic E-state index is -5.39. The van der Waals surface area contributed by atoms with Crippen molar-refractivity contribution in [2.24, 2.45) is 0 Å². The molecule has 0 heterocycles. The van der Waals surface area contributed by atoms with Gasteiger partial charge in [-0.15, -0.1) is 69.6 Å². The third-order valence-corrected chi connectivity index (χ3v) is 3.57. The van der Waals surface area contributed by atoms with E-state index < -0.39 is 7.82 Å². The van der Waals surface area contributed by atoms with Gasteiger partial charge in [0.05, 0.1) is 36.0 Å². The first-order valence-corrected chi connectivity index (χ1v) is 9.96. The summed E-state index contributed by atoms with van der Waals surface area (Å²) in [5, 5.41) is 23.5. The van der Waals surface area contributed by atoms with E-state index in [9.17, 15) is 0 Å². The summed E-state index contributed by atoms with van der Waals surface area (Å²) in [5.74, 6) is 0.953. The van der Waals surface area contributed by atoms with E-state index in [2.05, 4.69) is 0 Å². The lowest BCUT2D eigenvalue weighted by Gasteiger charge is -2.36. The summed E-state index contributed by atoms with van der Waals surface area (Å²) in [7, 11) is -5.39. The van der Waals surface area contributed by atoms with E-state index in [1.807, 2.05) is 0 Å². The molecule has 0 saturated heterocycles. The number of rotatable bonds is 6. The Morgan fingerprint density at radius 1 is 0.696 bits per heavy atom. The van der Waals surface area contributed by atoms with Crippen LogP contribution in [0.5, 0.6) is 0 Å². The third-order valence-electron chi connectivity index (χ3n) is 1.10. The van der Waals surface area contributed by atoms with E-state index in [-0.39, 0.29) is 36.0 Å². The van der Waals surface area contributed by atoms with Gasteiger partial charge in [-0.3, -0.25) is 0 Å². The predicted molar refractivity (Wildman–Crippen MR) is 89.9 cm³/mol. The van der Waals surface area contributed by atoms with Crippen LogP contribution in [0.1, 0.15) is 0 Å². The van der Waals surface area contributed by atoms with Crippen molar-refractivity contribution in [1.29, 1.82) is 0 Å². The minimum Gasteiger partial charge on any atom is -0.822 e. The highest BCUT2D eigenvalue weighted by molar-refractivity contribution is 7.40. The van der Waals surface area contributed by atoms with Crippen molar-refractivity contribution >= 4 is 77.4 Å². The Kier molecular flexibility index (Phi) is 33.4. The average molecular weight is 482 g/mol. The van der Waals surface area contributed by atoms with Crippen LogP contribution in [0, 0.1) is 0 Å². The number of hydrogen-bond acceptors (Lipinski definition) is 7. The largest absolute Gasteiger partial charge is 0.822 e. The van der Waals surface area contributed by atoms with Crippen LogP contribution in [0.25, 0.3) is 0 Å². The first-order valence-electron chi connectivity index (χ1n) is 5.58. The smallest absolute Gasteiger partial charge is 0.0702 e. The quantitative estimate of drug-likeness (QED) is 0.347. The Morgan fingerprint density at radius 2 is 0.826 bits per heavy atom. The highest BCUT2D eigenvalue weighted by Gasteiger charge is 1.96. The molecule has 0 bridgehead atoms. The lowest BCUT2D eigenvalue weighted by atomic mass is 10.5. The molecule has 0 radical (unpaired) electrons. The van der Waals surface area contributed by atoms with Crippen LogP contribution in [0.4, 0.5) is 0 Å². The van der Waals surface area contributed by atoms with Gasteiger partial charge in [0, 0.05) is 17.6 Å². The molecule has 0 spiro atoms. The van der Waals surface area contributed by atoms with Crippen LogP contribution < -0.4 is 14.7 Å². The number of halogens is 6. The van der Waals surface area contributed by atoms with Crippen LogP contribution in [0.2, 0.25) is 0 Å². The van der Waals surface area contributed by atoms with Gasteiger partial charge in [0.1, 0.15) is 0 Å². The number of phosphoric acid groups is 1. The summed E-state index contributed by atoms with van der Waals surface area (Å²) in [5.41, 5.74) is 0. The number of hydrogen-bond donors (Lipinski definition) is 3. The van der Waals surface area contributed by atoms with Crippen molar-refractivity contribution in [3.8, 4) is 0 Å². The van der Waals surface area contributed by atoms with E-state index >= 15 is 0 Å². The van der Waals surface area contributed by atoms with E-state index in [1.165, 1.54) is 0 Å². The summed E-state index contributed by atoms with van der Waals surface area (Å²) < 4.78 is 8.55. The molecule has 146 valence electrons. The molecule has 0 aromatic rings. The molecule has 3 atom stereocenters. The van der Waals surface area contributed by atoms with Gasteiger partial charge in [-0.2, -0.15) is 7.82 Å². The monoisotopic (exact) mass is 479 g/mol. The highest BCUT2D eigenvalue weighted by atomic mass is 35.5. The van der Waals surface area contributed by atoms with Crippen molar-refractivity contribution < 1.29 is 34.6 Å². The molecule has 0 aromatic carbocycles. The Labute approximate surface area is 165 Å². The van der Waals surface area contributed by atoms with Crippen molar-refractivity contribution in [3.63, 3.8) is 0 Å². The van der Waals surface area contributed by atoms with Gasteiger partial charge in [-0.1, -0.05) is 0 Å². The van der Waals surface area contributed by atoms with E-state index in [4.69, 9.17) is 104 Å². The van der Waals surface area contributed by atoms with Gasteiger partial charge in [0.25, 0.3) is 0 Å². The maximum absolute atomic E-state index is 8.55. The van der Waals surface area contributed by atoms with Crippen LogP contribution in [0.3, 0.4) is 0 Å². The lowest BCUT2D eigenvalue weighted by Crippen LogP contribution is -2.24. The molecule has 0 saturated carbocycles. The molecule has 0 aliphatic heterocycles. The zero-order valence-electron chi connectivity index (χ0n) is 11.7. The fourth-order valence-electron chi connectivity index (χ4n) is 0.146. The molecule has 0 aromatic heterocycles. The van der Waals surface area contributed by atoms with Gasteiger partial charge < -0.3 is 34.6 Å². The van der Waals surface area contributed by atoms with Crippen molar-refractivity contribution in [2.75, 3.05) is 37.5 Å². The predicted octanol–water partition coefficient (Wildman–Crippen LogP) is -0.350. The average Bonchev–Trinajstić information content (AvgIpc) is 2.51. The molecule has 3 unspecified atom stereocenters. The topological polar surface area (TPSA) is 147 Å². The molecule has 0 aliphatic carbocycles. The molecule has 7 nitrogen and oxygen atoms in total. The van der Waals surface area contributed by atoms with Gasteiger partial charge in [0.2, 0.25) is 0 Å². The van der Waals surface area contributed by atoms with Crippen molar-refractivity contribution in [3.05, 3.63) is 0 Å². The Morgan fingerprint density at radius 3 is 0.826 bits per heavy atom. The summed E-state index contributed by atoms with van der Waals surface area (Å²) in [6.45, 7) is -0.110. The van der Waals surface area contributed by atoms with Gasteiger partial charge >= 0.3 is 0 Å². The normalized spacial score (nSPS) is 13.9. The van der Waals surface area contributed by atoms with Gasteiger partial charge in [-0.05, 0) is 0 Å². The number of aliphatic hydroxyl groups excluding tert-OH is 3. The van der Waals surface area contributed by atoms with Gasteiger partial charge in [-0.25, -0.2) is 0 Å². The number of aliphatic hydroxyl groups is 3. The maximum atomic E-state index is 8.55. The fraction of sp³-hybridized carbons (Fsp3) is 1.00. The first kappa shape index (κ1) is 32.4. The van der Waals surface area contributed by atoms with Crippen molar-refractivity contribution in [1.82, 2.24) is 0 Å². The Balaban J connectivity index is -0.000000105. The maximum Gasteiger partial charge on any atom is 0.0702 e. The SMILES string of the molecule is O=P([O-])([O-])[O-].OCC(Cl)CCl.OCC(Cl)CCl.OCC(Cl)CCl. The minimum absolute atomic E-state index is 0.0367. The second kappa shape index (κ2) is 23.7. The lowest BCUT2D eigenvalue weighted by molar-refractivity contribution is -0.432. The molecule has 14 heteroatoms. The second-order valence-corrected chi connectivity index (χ2v) is 6.92. The Bertz CT molecular complexity index is 217. The number of alkyl halides is 6. The van der Waals surface area contributed by atoms with Crippen molar-refractivity contribution in [2.45, 2.75) is 16.1 Å². The summed E-state index contributed by atoms with van der Waals surface area (Å²) in [6.07, 6.45) is 0. The van der Waals surface area contributed by atoms with Crippen LogP contribution in [-0.4, -0.2) is 68.9 Å². The molecule has 0 amide bonds. The molecular weight excluding hydrogens is 464 g/mol. The summed E-state index contributed by atoms with van der Waals surface area (Å²) in [6, 6.07) is 0. The molecule has 0 fully saturated rings. The molecular formula is C9H18Cl6O7P-3. The zero-order valence-corrected chi connectivity index (χ0v) is 17.1. The van der Waals surface area contributed by atoms with Crippen LogP contribution in [-0.2, 0) is 4.57 Å². The van der Waals surface area contributed by atoms with E-state index in [0.717, 1.165) is 0 Å². The Hall–Kier alpha value is 1.73. The third kappa shape index (κ3) is 59.4. The summed E-state index contributed by atoms with van der Waals surface area (Å²) >= 11 is 31.3. The summed E-state index contributed by atoms with van der Waals surface area (Å²) in [4.78, 5) is 25.6. The van der Waals surface area contributed by atoms with Gasteiger partial charge in [0.15, 0.2) is 0 Å². The standard InChI is InChI=1S/3C3H6Cl2O.H3O4P/c3*4-1-3(5)2-6;1-5(2,3)4/h3*3,6H,1-2H2;(H3,1,2,3,4)/p-3. The highest BCUT2D eigenvalue weighted by Crippen LogP contribution is 2.03. The molecule has 0 rings (SSSR count). The molecule has 23 heavy (non-hydrogen) atoms. The first-order chi connectivity index (χ1) is 10.4. The van der Waals surface area contributed by atoms with E-state index in [0.29, 0.717) is 17.6 Å². The van der Waals surface area contributed by atoms with Crippen LogP contribution >= 0.6 is 77.4 Å². The van der Waals surface area contributed by atoms with E-state index in [1.54, 1.807) is 0 Å². The second-order valence-electron chi connectivity index (χ2n) is 3.25. The zero-order chi connectivity index (χ0) is 19.5. The van der Waals surface area contributed by atoms with Crippen LogP contribution in [0.15, 0.2) is 0 Å². The fourth-order valence-corrected chi connectivity index (χ4v) is 0.439. The molecule has 3 N–H and O–H groups in total.